The molecule has 0 aromatic carbocycles. The van der Waals surface area contributed by atoms with E-state index < -0.39 is 0 Å². The van der Waals surface area contributed by atoms with Crippen molar-refractivity contribution >= 4 is 0 Å². The van der Waals surface area contributed by atoms with Gasteiger partial charge in [-0.05, 0) is 12.8 Å². The minimum absolute atomic E-state index is 0.0505. The molecule has 15 heavy (non-hydrogen) atoms. The molecular weight excluding hydrogens is 184 g/mol. The Balaban J connectivity index is 3.07. The topological polar surface area (TPSA) is 52.0 Å². The first-order valence-corrected chi connectivity index (χ1v) is 6.43. The Labute approximate surface area is 95.1 Å². The summed E-state index contributed by atoms with van der Waals surface area (Å²) in [6, 6.07) is 0.0505. The summed E-state index contributed by atoms with van der Waals surface area (Å²) in [7, 11) is 0. The molecule has 0 radical (unpaired) electrons. The predicted octanol–water partition coefficient (Wildman–Crippen LogP) is 2.97. The third-order valence-electron chi connectivity index (χ3n) is 2.63. The Morgan fingerprint density at radius 3 is 2.20 bits per heavy atom. The predicted molar refractivity (Wildman–Crippen MR) is 68.8 cm³/mol. The van der Waals surface area contributed by atoms with Crippen molar-refractivity contribution in [3.05, 3.63) is 12.2 Å². The van der Waals surface area contributed by atoms with Crippen LogP contribution in [-0.2, 0) is 0 Å². The van der Waals surface area contributed by atoms with Crippen molar-refractivity contribution in [2.75, 3.05) is 6.54 Å². The maximum atomic E-state index is 5.66. The minimum Gasteiger partial charge on any atom is -0.329 e. The van der Waals surface area contributed by atoms with Gasteiger partial charge in [0.05, 0.1) is 0 Å². The van der Waals surface area contributed by atoms with Crippen LogP contribution in [0, 0.1) is 0 Å². The average molecular weight is 212 g/mol. The molecule has 0 spiro atoms. The lowest BCUT2D eigenvalue weighted by Gasteiger charge is -2.01. The SMILES string of the molecule is CCCCCCCCCC=CC(N)CN. The number of hydrogen-bond donors (Lipinski definition) is 2. The van der Waals surface area contributed by atoms with E-state index in [0.29, 0.717) is 6.54 Å². The first-order valence-electron chi connectivity index (χ1n) is 6.43. The molecule has 0 rings (SSSR count). The number of hydrogen-bond acceptors (Lipinski definition) is 2. The van der Waals surface area contributed by atoms with Crippen molar-refractivity contribution in [1.29, 1.82) is 0 Å². The van der Waals surface area contributed by atoms with Crippen LogP contribution in [0.3, 0.4) is 0 Å². The van der Waals surface area contributed by atoms with E-state index >= 15 is 0 Å². The summed E-state index contributed by atoms with van der Waals surface area (Å²) in [5.74, 6) is 0. The number of allylic oxidation sites excluding steroid dienone is 1. The van der Waals surface area contributed by atoms with E-state index in [1.807, 2.05) is 6.08 Å². The highest BCUT2D eigenvalue weighted by Crippen LogP contribution is 2.08. The van der Waals surface area contributed by atoms with E-state index in [-0.39, 0.29) is 6.04 Å². The van der Waals surface area contributed by atoms with Crippen molar-refractivity contribution in [3.63, 3.8) is 0 Å². The van der Waals surface area contributed by atoms with E-state index in [9.17, 15) is 0 Å². The van der Waals surface area contributed by atoms with Crippen LogP contribution >= 0.6 is 0 Å². The van der Waals surface area contributed by atoms with Gasteiger partial charge in [-0.3, -0.25) is 0 Å². The lowest BCUT2D eigenvalue weighted by molar-refractivity contribution is 0.591. The fourth-order valence-corrected chi connectivity index (χ4v) is 1.57. The van der Waals surface area contributed by atoms with Crippen molar-refractivity contribution < 1.29 is 0 Å². The molecule has 0 aromatic rings. The first-order chi connectivity index (χ1) is 7.31. The Morgan fingerprint density at radius 2 is 1.60 bits per heavy atom. The number of nitrogens with two attached hydrogens (primary N) is 2. The molecule has 0 aliphatic carbocycles. The molecule has 0 aromatic heterocycles. The highest BCUT2D eigenvalue weighted by Gasteiger charge is 1.91. The maximum Gasteiger partial charge on any atom is 0.0348 e. The van der Waals surface area contributed by atoms with Gasteiger partial charge in [0.15, 0.2) is 0 Å². The van der Waals surface area contributed by atoms with Crippen molar-refractivity contribution in [3.8, 4) is 0 Å². The van der Waals surface area contributed by atoms with E-state index in [2.05, 4.69) is 13.0 Å². The summed E-state index contributed by atoms with van der Waals surface area (Å²) < 4.78 is 0. The van der Waals surface area contributed by atoms with Crippen LogP contribution in [-0.4, -0.2) is 12.6 Å². The Hall–Kier alpha value is -0.340. The zero-order chi connectivity index (χ0) is 11.4. The third-order valence-corrected chi connectivity index (χ3v) is 2.63. The van der Waals surface area contributed by atoms with Crippen LogP contribution in [0.5, 0.6) is 0 Å². The second-order valence-electron chi connectivity index (χ2n) is 4.24. The van der Waals surface area contributed by atoms with Gasteiger partial charge in [-0.25, -0.2) is 0 Å². The molecule has 0 aliphatic heterocycles. The second-order valence-corrected chi connectivity index (χ2v) is 4.24. The van der Waals surface area contributed by atoms with Crippen LogP contribution in [0.1, 0.15) is 58.3 Å². The van der Waals surface area contributed by atoms with Crippen molar-refractivity contribution in [2.45, 2.75) is 64.3 Å². The quantitative estimate of drug-likeness (QED) is 0.432. The molecule has 0 aliphatic rings. The molecule has 1 atom stereocenters. The normalized spacial score (nSPS) is 13.5. The lowest BCUT2D eigenvalue weighted by Crippen LogP contribution is -2.26. The zero-order valence-corrected chi connectivity index (χ0v) is 10.3. The second kappa shape index (κ2) is 11.7. The molecule has 0 bridgehead atoms. The summed E-state index contributed by atoms with van der Waals surface area (Å²) in [5, 5.41) is 0. The molecule has 2 heteroatoms. The summed E-state index contributed by atoms with van der Waals surface area (Å²) in [6.45, 7) is 2.80. The van der Waals surface area contributed by atoms with E-state index in [1.54, 1.807) is 0 Å². The van der Waals surface area contributed by atoms with Gasteiger partial charge in [0.25, 0.3) is 0 Å². The van der Waals surface area contributed by atoms with E-state index in [4.69, 9.17) is 11.5 Å². The van der Waals surface area contributed by atoms with Crippen LogP contribution in [0.15, 0.2) is 12.2 Å². The standard InChI is InChI=1S/C13H28N2/c1-2-3-4-5-6-7-8-9-10-11-13(15)12-14/h10-11,13H,2-9,12,14-15H2,1H3. The average Bonchev–Trinajstić information content (AvgIpc) is 2.26. The first kappa shape index (κ1) is 14.7. The third kappa shape index (κ3) is 11.6. The summed E-state index contributed by atoms with van der Waals surface area (Å²) in [5.41, 5.74) is 11.1. The molecule has 0 saturated heterocycles. The summed E-state index contributed by atoms with van der Waals surface area (Å²) >= 11 is 0. The monoisotopic (exact) mass is 212 g/mol. The van der Waals surface area contributed by atoms with E-state index in [1.165, 1.54) is 44.9 Å². The Morgan fingerprint density at radius 1 is 1.00 bits per heavy atom. The largest absolute Gasteiger partial charge is 0.329 e. The van der Waals surface area contributed by atoms with Gasteiger partial charge in [-0.1, -0.05) is 57.6 Å². The van der Waals surface area contributed by atoms with Crippen molar-refractivity contribution in [2.24, 2.45) is 11.5 Å². The Kier molecular flexibility index (Phi) is 11.5. The van der Waals surface area contributed by atoms with Gasteiger partial charge in [0, 0.05) is 12.6 Å². The molecule has 0 saturated carbocycles. The molecule has 90 valence electrons. The molecular formula is C13H28N2. The fraction of sp³-hybridized carbons (Fsp3) is 0.846. The number of unbranched alkanes of at least 4 members (excludes halogenated alkanes) is 7. The maximum absolute atomic E-state index is 5.66. The van der Waals surface area contributed by atoms with Gasteiger partial charge in [-0.15, -0.1) is 0 Å². The van der Waals surface area contributed by atoms with Crippen molar-refractivity contribution in [1.82, 2.24) is 0 Å². The van der Waals surface area contributed by atoms with Crippen LogP contribution in [0.25, 0.3) is 0 Å². The van der Waals surface area contributed by atoms with Gasteiger partial charge in [0.2, 0.25) is 0 Å². The molecule has 0 amide bonds. The van der Waals surface area contributed by atoms with Gasteiger partial charge in [-0.2, -0.15) is 0 Å². The highest BCUT2D eigenvalue weighted by atomic mass is 14.7. The zero-order valence-electron chi connectivity index (χ0n) is 10.3. The van der Waals surface area contributed by atoms with Crippen LogP contribution in [0.4, 0.5) is 0 Å². The van der Waals surface area contributed by atoms with Gasteiger partial charge in [0.1, 0.15) is 0 Å². The fourth-order valence-electron chi connectivity index (χ4n) is 1.57. The molecule has 0 fully saturated rings. The highest BCUT2D eigenvalue weighted by molar-refractivity contribution is 4.91. The van der Waals surface area contributed by atoms with Crippen LogP contribution in [0.2, 0.25) is 0 Å². The lowest BCUT2D eigenvalue weighted by atomic mass is 10.1. The minimum atomic E-state index is 0.0505. The smallest absolute Gasteiger partial charge is 0.0348 e. The summed E-state index contributed by atoms with van der Waals surface area (Å²) in [6.07, 6.45) is 14.9. The summed E-state index contributed by atoms with van der Waals surface area (Å²) in [4.78, 5) is 0. The van der Waals surface area contributed by atoms with Gasteiger partial charge >= 0.3 is 0 Å². The molecule has 2 nitrogen and oxygen atoms in total. The molecule has 1 unspecified atom stereocenters. The Bertz CT molecular complexity index is 143. The van der Waals surface area contributed by atoms with Crippen LogP contribution < -0.4 is 11.5 Å². The van der Waals surface area contributed by atoms with Gasteiger partial charge < -0.3 is 11.5 Å². The molecule has 4 N–H and O–H groups in total. The number of rotatable bonds is 10. The molecule has 0 heterocycles. The van der Waals surface area contributed by atoms with E-state index in [0.717, 1.165) is 6.42 Å².